The monoisotopic (exact) mass is 512 g/mol. The van der Waals surface area contributed by atoms with Crippen molar-refractivity contribution in [2.45, 2.75) is 13.5 Å². The molecule has 1 N–H and O–H groups in total. The Hall–Kier alpha value is -5.12. The molecule has 0 aliphatic rings. The number of methoxy groups -OCH3 is 1. The topological polar surface area (TPSA) is 117 Å². The summed E-state index contributed by atoms with van der Waals surface area (Å²) < 4.78 is 23.3. The third kappa shape index (κ3) is 5.19. The molecule has 10 nitrogen and oxygen atoms in total. The number of ether oxygens (including phenoxy) is 3. The minimum absolute atomic E-state index is 0.150. The number of esters is 1. The van der Waals surface area contributed by atoms with Gasteiger partial charge in [-0.15, -0.1) is 0 Å². The minimum atomic E-state index is -0.486. The van der Waals surface area contributed by atoms with Crippen molar-refractivity contribution in [3.63, 3.8) is 0 Å². The fourth-order valence-corrected chi connectivity index (χ4v) is 3.83. The van der Waals surface area contributed by atoms with Gasteiger partial charge in [-0.3, -0.25) is 4.79 Å². The zero-order valence-corrected chi connectivity index (χ0v) is 20.7. The van der Waals surface area contributed by atoms with E-state index in [1.165, 1.54) is 6.20 Å². The first kappa shape index (κ1) is 24.6. The maximum atomic E-state index is 12.8. The number of nitrogens with zero attached hydrogens (tertiary/aromatic N) is 3. The smallest absolute Gasteiger partial charge is 0.343 e. The van der Waals surface area contributed by atoms with E-state index < -0.39 is 11.9 Å². The molecule has 3 aromatic heterocycles. The summed E-state index contributed by atoms with van der Waals surface area (Å²) in [6, 6.07) is 19.5. The van der Waals surface area contributed by atoms with Gasteiger partial charge in [-0.1, -0.05) is 18.2 Å². The van der Waals surface area contributed by atoms with Gasteiger partial charge in [0.15, 0.2) is 11.4 Å². The number of aromatic nitrogens is 3. The number of hydrogen-bond acceptors (Lipinski definition) is 8. The van der Waals surface area contributed by atoms with E-state index in [-0.39, 0.29) is 24.5 Å². The molecular formula is C28H24N4O6. The molecule has 5 aromatic rings. The summed E-state index contributed by atoms with van der Waals surface area (Å²) in [5, 5.41) is 7.17. The molecule has 3 heterocycles. The number of carbonyl (C=O) groups excluding carboxylic acids is 2. The Kier molecular flexibility index (Phi) is 7.03. The Morgan fingerprint density at radius 3 is 2.71 bits per heavy atom. The summed E-state index contributed by atoms with van der Waals surface area (Å²) in [4.78, 5) is 29.4. The molecule has 0 atom stereocenters. The van der Waals surface area contributed by atoms with Gasteiger partial charge in [-0.2, -0.15) is 5.10 Å². The third-order valence-corrected chi connectivity index (χ3v) is 5.62. The van der Waals surface area contributed by atoms with E-state index in [2.05, 4.69) is 15.4 Å². The van der Waals surface area contributed by atoms with E-state index in [0.29, 0.717) is 34.3 Å². The Bertz CT molecular complexity index is 1610. The highest BCUT2D eigenvalue weighted by Gasteiger charge is 2.18. The second kappa shape index (κ2) is 10.9. The maximum Gasteiger partial charge on any atom is 0.343 e. The fraction of sp³-hybridized carbons (Fsp3) is 0.143. The summed E-state index contributed by atoms with van der Waals surface area (Å²) in [5.74, 6) is 1.07. The van der Waals surface area contributed by atoms with Gasteiger partial charge in [-0.05, 0) is 49.4 Å². The molecule has 38 heavy (non-hydrogen) atoms. The van der Waals surface area contributed by atoms with E-state index in [9.17, 15) is 9.59 Å². The van der Waals surface area contributed by atoms with Gasteiger partial charge < -0.3 is 23.9 Å². The molecule has 0 unspecified atom stereocenters. The van der Waals surface area contributed by atoms with Crippen LogP contribution in [0.3, 0.4) is 0 Å². The normalized spacial score (nSPS) is 10.8. The number of fused-ring (bicyclic) bond motifs is 1. The second-order valence-corrected chi connectivity index (χ2v) is 8.11. The van der Waals surface area contributed by atoms with Crippen LogP contribution in [0.2, 0.25) is 0 Å². The Morgan fingerprint density at radius 1 is 1.03 bits per heavy atom. The number of anilines is 1. The molecule has 0 bridgehead atoms. The Labute approximate surface area is 217 Å². The first-order valence-electron chi connectivity index (χ1n) is 11.8. The van der Waals surface area contributed by atoms with Gasteiger partial charge in [0, 0.05) is 23.5 Å². The molecular weight excluding hydrogens is 488 g/mol. The lowest BCUT2D eigenvalue weighted by molar-refractivity contribution is 0.0528. The standard InChI is InChI=1S/C28H24N4O6/c1-3-36-28(34)23-16-30-32-24(12-13-29-26(23)32)18-6-4-7-19(14-18)31-27(33)25-11-10-22(38-25)17-37-21-9-5-8-20(15-21)35-2/h4-16H,3,17H2,1-2H3,(H,31,33). The fourth-order valence-electron chi connectivity index (χ4n) is 3.83. The number of amides is 1. The van der Waals surface area contributed by atoms with E-state index in [0.717, 1.165) is 5.56 Å². The van der Waals surface area contributed by atoms with Crippen LogP contribution in [-0.2, 0) is 11.3 Å². The van der Waals surface area contributed by atoms with E-state index in [1.54, 1.807) is 61.1 Å². The highest BCUT2D eigenvalue weighted by molar-refractivity contribution is 6.02. The quantitative estimate of drug-likeness (QED) is 0.274. The van der Waals surface area contributed by atoms with Crippen LogP contribution in [0.25, 0.3) is 16.9 Å². The van der Waals surface area contributed by atoms with E-state index >= 15 is 0 Å². The summed E-state index contributed by atoms with van der Waals surface area (Å²) in [5.41, 5.74) is 2.68. The molecule has 1 amide bonds. The van der Waals surface area contributed by atoms with Gasteiger partial charge in [0.1, 0.15) is 29.4 Å². The van der Waals surface area contributed by atoms with Gasteiger partial charge in [0.25, 0.3) is 5.91 Å². The Morgan fingerprint density at radius 2 is 1.87 bits per heavy atom. The largest absolute Gasteiger partial charge is 0.497 e. The number of carbonyl (C=O) groups is 2. The first-order chi connectivity index (χ1) is 18.6. The molecule has 5 rings (SSSR count). The second-order valence-electron chi connectivity index (χ2n) is 8.11. The number of hydrogen-bond donors (Lipinski definition) is 1. The molecule has 0 aliphatic carbocycles. The van der Waals surface area contributed by atoms with Crippen LogP contribution >= 0.6 is 0 Å². The van der Waals surface area contributed by atoms with Crippen LogP contribution in [0, 0.1) is 0 Å². The van der Waals surface area contributed by atoms with Crippen LogP contribution < -0.4 is 14.8 Å². The minimum Gasteiger partial charge on any atom is -0.497 e. The van der Waals surface area contributed by atoms with Gasteiger partial charge >= 0.3 is 5.97 Å². The van der Waals surface area contributed by atoms with Crippen molar-refractivity contribution < 1.29 is 28.2 Å². The average Bonchev–Trinajstić information content (AvgIpc) is 3.60. The molecule has 2 aromatic carbocycles. The molecule has 0 aliphatic heterocycles. The zero-order chi connectivity index (χ0) is 26.5. The van der Waals surface area contributed by atoms with Gasteiger partial charge in [-0.25, -0.2) is 14.3 Å². The highest BCUT2D eigenvalue weighted by Crippen LogP contribution is 2.25. The van der Waals surface area contributed by atoms with Crippen molar-refractivity contribution in [1.82, 2.24) is 14.6 Å². The molecule has 0 radical (unpaired) electrons. The predicted octanol–water partition coefficient (Wildman–Crippen LogP) is 5.01. The molecule has 0 saturated carbocycles. The van der Waals surface area contributed by atoms with Crippen LogP contribution in [-0.4, -0.2) is 40.2 Å². The molecule has 10 heteroatoms. The lowest BCUT2D eigenvalue weighted by Crippen LogP contribution is -2.11. The van der Waals surface area contributed by atoms with Crippen molar-refractivity contribution in [2.24, 2.45) is 0 Å². The van der Waals surface area contributed by atoms with Gasteiger partial charge in [0.2, 0.25) is 0 Å². The number of benzene rings is 2. The number of rotatable bonds is 9. The van der Waals surface area contributed by atoms with Crippen LogP contribution in [0.1, 0.15) is 33.6 Å². The SMILES string of the molecule is CCOC(=O)c1cnn2c(-c3cccc(NC(=O)c4ccc(COc5cccc(OC)c5)o4)c3)ccnc12. The highest BCUT2D eigenvalue weighted by atomic mass is 16.5. The van der Waals surface area contributed by atoms with Crippen LogP contribution in [0.15, 0.2) is 83.5 Å². The summed E-state index contributed by atoms with van der Waals surface area (Å²) >= 11 is 0. The van der Waals surface area contributed by atoms with Crippen molar-refractivity contribution in [1.29, 1.82) is 0 Å². The summed E-state index contributed by atoms with van der Waals surface area (Å²) in [7, 11) is 1.59. The molecule has 0 fully saturated rings. The van der Waals surface area contributed by atoms with Crippen molar-refractivity contribution in [3.8, 4) is 22.8 Å². The summed E-state index contributed by atoms with van der Waals surface area (Å²) in [6.07, 6.45) is 3.03. The van der Waals surface area contributed by atoms with Crippen LogP contribution in [0.4, 0.5) is 5.69 Å². The van der Waals surface area contributed by atoms with E-state index in [1.807, 2.05) is 30.3 Å². The van der Waals surface area contributed by atoms with Crippen molar-refractivity contribution >= 4 is 23.2 Å². The van der Waals surface area contributed by atoms with Crippen molar-refractivity contribution in [2.75, 3.05) is 19.0 Å². The zero-order valence-electron chi connectivity index (χ0n) is 20.7. The number of nitrogens with one attached hydrogen (secondary N) is 1. The van der Waals surface area contributed by atoms with Crippen molar-refractivity contribution in [3.05, 3.63) is 96.2 Å². The molecule has 192 valence electrons. The Balaban J connectivity index is 1.29. The van der Waals surface area contributed by atoms with Crippen LogP contribution in [0.5, 0.6) is 11.5 Å². The van der Waals surface area contributed by atoms with E-state index in [4.69, 9.17) is 18.6 Å². The maximum absolute atomic E-state index is 12.8. The lowest BCUT2D eigenvalue weighted by atomic mass is 10.1. The van der Waals surface area contributed by atoms with Gasteiger partial charge in [0.05, 0.1) is 25.6 Å². The molecule has 0 saturated heterocycles. The number of furan rings is 1. The summed E-state index contributed by atoms with van der Waals surface area (Å²) in [6.45, 7) is 2.15. The predicted molar refractivity (Wildman–Crippen MR) is 138 cm³/mol. The third-order valence-electron chi connectivity index (χ3n) is 5.62. The molecule has 0 spiro atoms. The first-order valence-corrected chi connectivity index (χ1v) is 11.8. The lowest BCUT2D eigenvalue weighted by Gasteiger charge is -2.08. The average molecular weight is 513 g/mol.